The second-order valence-corrected chi connectivity index (χ2v) is 8.46. The van der Waals surface area contributed by atoms with Gasteiger partial charge in [-0.3, -0.25) is 4.79 Å². The largest absolute Gasteiger partial charge is 0.419 e. The highest BCUT2D eigenvalue weighted by Crippen LogP contribution is 2.35. The van der Waals surface area contributed by atoms with E-state index in [-0.39, 0.29) is 35.6 Å². The number of hydrogen-bond donors (Lipinski definition) is 3. The number of nitrogens with one attached hydrogen (secondary N) is 2. The van der Waals surface area contributed by atoms with Crippen molar-refractivity contribution in [3.05, 3.63) is 40.8 Å². The lowest BCUT2D eigenvalue weighted by Gasteiger charge is -2.26. The average molecular weight is 471 g/mol. The zero-order valence-electron chi connectivity index (χ0n) is 17.8. The molecule has 0 spiro atoms. The zero-order chi connectivity index (χ0) is 23.6. The minimum absolute atomic E-state index is 0.0165. The quantitative estimate of drug-likeness (QED) is 0.559. The van der Waals surface area contributed by atoms with Gasteiger partial charge in [0.15, 0.2) is 11.5 Å². The maximum absolute atomic E-state index is 14.2. The maximum Gasteiger partial charge on any atom is 0.419 e. The first-order chi connectivity index (χ1) is 15.7. The van der Waals surface area contributed by atoms with Crippen molar-refractivity contribution in [2.45, 2.75) is 63.0 Å². The molecular formula is C22H25F4N3O4. The van der Waals surface area contributed by atoms with Crippen LogP contribution in [-0.2, 0) is 17.5 Å². The molecule has 11 heteroatoms. The number of hydrogen-bond acceptors (Lipinski definition) is 6. The number of carbonyl (C=O) groups excluding carboxylic acids is 1. The van der Waals surface area contributed by atoms with Crippen molar-refractivity contribution in [2.24, 2.45) is 0 Å². The molecular weight excluding hydrogens is 446 g/mol. The first kappa shape index (κ1) is 23.7. The first-order valence-corrected chi connectivity index (χ1v) is 10.9. The third-order valence-electron chi connectivity index (χ3n) is 6.02. The van der Waals surface area contributed by atoms with Gasteiger partial charge in [0.2, 0.25) is 0 Å². The molecule has 2 aliphatic rings. The SMILES string of the molecule is O=C(NC1CCCC(O)C1)c1noc(-c2ccc(C(F)(F)F)c(F)c2)c1CNC1CCOC1. The highest BCUT2D eigenvalue weighted by atomic mass is 19.4. The van der Waals surface area contributed by atoms with Crippen LogP contribution >= 0.6 is 0 Å². The van der Waals surface area contributed by atoms with E-state index in [1.165, 1.54) is 0 Å². The smallest absolute Gasteiger partial charge is 0.393 e. The van der Waals surface area contributed by atoms with Gasteiger partial charge in [-0.2, -0.15) is 13.2 Å². The van der Waals surface area contributed by atoms with Gasteiger partial charge in [-0.15, -0.1) is 0 Å². The monoisotopic (exact) mass is 471 g/mol. The van der Waals surface area contributed by atoms with E-state index in [0.717, 1.165) is 25.0 Å². The normalized spacial score (nSPS) is 23.6. The van der Waals surface area contributed by atoms with E-state index in [2.05, 4.69) is 15.8 Å². The van der Waals surface area contributed by atoms with Crippen molar-refractivity contribution in [1.29, 1.82) is 0 Å². The van der Waals surface area contributed by atoms with Gasteiger partial charge >= 0.3 is 6.18 Å². The summed E-state index contributed by atoms with van der Waals surface area (Å²) in [6, 6.07) is 2.26. The Morgan fingerprint density at radius 2 is 2.03 bits per heavy atom. The number of rotatable bonds is 6. The fourth-order valence-corrected chi connectivity index (χ4v) is 4.26. The summed E-state index contributed by atoms with van der Waals surface area (Å²) in [5, 5.41) is 19.8. The van der Waals surface area contributed by atoms with Crippen LogP contribution in [0.5, 0.6) is 0 Å². The molecule has 7 nitrogen and oxygen atoms in total. The van der Waals surface area contributed by atoms with Crippen molar-refractivity contribution in [3.63, 3.8) is 0 Å². The Morgan fingerprint density at radius 3 is 2.70 bits per heavy atom. The summed E-state index contributed by atoms with van der Waals surface area (Å²) in [5.74, 6) is -1.94. The van der Waals surface area contributed by atoms with Crippen molar-refractivity contribution < 1.29 is 36.7 Å². The molecule has 1 saturated carbocycles. The topological polar surface area (TPSA) is 96.6 Å². The second kappa shape index (κ2) is 9.78. The number of aliphatic hydroxyl groups excluding tert-OH is 1. The molecule has 1 amide bonds. The van der Waals surface area contributed by atoms with E-state index in [1.54, 1.807) is 0 Å². The number of nitrogens with zero attached hydrogens (tertiary/aromatic N) is 1. The molecule has 2 aromatic rings. The van der Waals surface area contributed by atoms with Crippen LogP contribution in [0.2, 0.25) is 0 Å². The fraction of sp³-hybridized carbons (Fsp3) is 0.545. The maximum atomic E-state index is 14.2. The van der Waals surface area contributed by atoms with Gasteiger partial charge in [-0.25, -0.2) is 4.39 Å². The van der Waals surface area contributed by atoms with Gasteiger partial charge in [0.1, 0.15) is 5.82 Å². The number of aromatic nitrogens is 1. The van der Waals surface area contributed by atoms with Crippen LogP contribution in [0.1, 0.15) is 53.7 Å². The lowest BCUT2D eigenvalue weighted by atomic mass is 9.93. The lowest BCUT2D eigenvalue weighted by molar-refractivity contribution is -0.139. The fourth-order valence-electron chi connectivity index (χ4n) is 4.26. The molecule has 180 valence electrons. The number of halogens is 4. The van der Waals surface area contributed by atoms with Gasteiger partial charge in [-0.05, 0) is 44.2 Å². The molecule has 2 fully saturated rings. The van der Waals surface area contributed by atoms with Gasteiger partial charge in [-0.1, -0.05) is 11.2 Å². The van der Waals surface area contributed by atoms with Crippen LogP contribution in [0.3, 0.4) is 0 Å². The van der Waals surface area contributed by atoms with E-state index in [9.17, 15) is 27.5 Å². The molecule has 0 radical (unpaired) electrons. The van der Waals surface area contributed by atoms with Crippen LogP contribution < -0.4 is 10.6 Å². The molecule has 3 N–H and O–H groups in total. The Labute approximate surface area is 187 Å². The van der Waals surface area contributed by atoms with Gasteiger partial charge in [0.05, 0.1) is 18.3 Å². The number of alkyl halides is 3. The lowest BCUT2D eigenvalue weighted by Crippen LogP contribution is -2.40. The van der Waals surface area contributed by atoms with Crippen LogP contribution in [0.4, 0.5) is 17.6 Å². The summed E-state index contributed by atoms with van der Waals surface area (Å²) in [7, 11) is 0. The van der Waals surface area contributed by atoms with E-state index >= 15 is 0 Å². The van der Waals surface area contributed by atoms with Crippen molar-refractivity contribution >= 4 is 5.91 Å². The summed E-state index contributed by atoms with van der Waals surface area (Å²) < 4.78 is 63.7. The van der Waals surface area contributed by atoms with Crippen LogP contribution in [-0.4, -0.2) is 47.6 Å². The predicted octanol–water partition coefficient (Wildman–Crippen LogP) is 3.41. The number of benzene rings is 1. The Bertz CT molecular complexity index is 989. The molecule has 1 aliphatic carbocycles. The summed E-state index contributed by atoms with van der Waals surface area (Å²) in [5.41, 5.74) is -1.06. The Balaban J connectivity index is 1.61. The highest BCUT2D eigenvalue weighted by Gasteiger charge is 2.35. The van der Waals surface area contributed by atoms with Gasteiger partial charge in [0.25, 0.3) is 5.91 Å². The van der Waals surface area contributed by atoms with Crippen molar-refractivity contribution in [1.82, 2.24) is 15.8 Å². The van der Waals surface area contributed by atoms with Gasteiger partial charge in [0, 0.05) is 36.4 Å². The van der Waals surface area contributed by atoms with Crippen molar-refractivity contribution in [3.8, 4) is 11.3 Å². The molecule has 3 atom stereocenters. The minimum atomic E-state index is -4.83. The molecule has 33 heavy (non-hydrogen) atoms. The molecule has 1 aromatic carbocycles. The molecule has 1 aromatic heterocycles. The predicted molar refractivity (Wildman–Crippen MR) is 109 cm³/mol. The summed E-state index contributed by atoms with van der Waals surface area (Å²) in [6.07, 6.45) is -1.97. The van der Waals surface area contributed by atoms with E-state index in [4.69, 9.17) is 9.26 Å². The Kier molecular flexibility index (Phi) is 7.01. The highest BCUT2D eigenvalue weighted by molar-refractivity contribution is 5.95. The standard InChI is InChI=1S/C22H25F4N3O4/c23-18-8-12(4-5-17(18)22(24,25)26)20-16(10-27-14-6-7-32-11-14)19(29-33-20)21(31)28-13-2-1-3-15(30)9-13/h4-5,8,13-15,27,30H,1-3,6-7,9-11H2,(H,28,31). The molecule has 4 rings (SSSR count). The third-order valence-corrected chi connectivity index (χ3v) is 6.02. The number of carbonyl (C=O) groups is 1. The molecule has 1 aliphatic heterocycles. The second-order valence-electron chi connectivity index (χ2n) is 8.46. The molecule has 3 unspecified atom stereocenters. The third kappa shape index (κ3) is 5.53. The Morgan fingerprint density at radius 1 is 1.21 bits per heavy atom. The van der Waals surface area contributed by atoms with Crippen LogP contribution in [0.25, 0.3) is 11.3 Å². The zero-order valence-corrected chi connectivity index (χ0v) is 17.8. The molecule has 2 heterocycles. The van der Waals surface area contributed by atoms with E-state index in [1.807, 2.05) is 0 Å². The van der Waals surface area contributed by atoms with Crippen LogP contribution in [0.15, 0.2) is 22.7 Å². The van der Waals surface area contributed by atoms with Gasteiger partial charge < -0.3 is 25.0 Å². The summed E-state index contributed by atoms with van der Waals surface area (Å²) >= 11 is 0. The molecule has 0 bridgehead atoms. The van der Waals surface area contributed by atoms with Crippen molar-refractivity contribution in [2.75, 3.05) is 13.2 Å². The average Bonchev–Trinajstić information content (AvgIpc) is 3.41. The number of aliphatic hydroxyl groups is 1. The summed E-state index contributed by atoms with van der Waals surface area (Å²) in [6.45, 7) is 1.21. The van der Waals surface area contributed by atoms with E-state index < -0.39 is 29.6 Å². The van der Waals surface area contributed by atoms with E-state index in [0.29, 0.717) is 44.1 Å². The summed E-state index contributed by atoms with van der Waals surface area (Å²) in [4.78, 5) is 12.9. The molecule has 1 saturated heterocycles. The number of ether oxygens (including phenoxy) is 1. The first-order valence-electron chi connectivity index (χ1n) is 10.9. The Hall–Kier alpha value is -2.50. The number of amides is 1. The van der Waals surface area contributed by atoms with Crippen LogP contribution in [0, 0.1) is 5.82 Å². The minimum Gasteiger partial charge on any atom is -0.393 e.